The Hall–Kier alpha value is -2.31. The molecular weight excluding hydrogens is 337 g/mol. The number of benzene rings is 1. The van der Waals surface area contributed by atoms with Crippen LogP contribution < -0.4 is 4.74 Å². The van der Waals surface area contributed by atoms with Crippen LogP contribution >= 0.6 is 0 Å². The topological polar surface area (TPSA) is 52.6 Å². The maximum atomic E-state index is 12.5. The first-order valence-corrected chi connectivity index (χ1v) is 8.02. The van der Waals surface area contributed by atoms with Crippen LogP contribution in [0, 0.1) is 5.92 Å². The van der Waals surface area contributed by atoms with Crippen LogP contribution in [0.2, 0.25) is 0 Å². The van der Waals surface area contributed by atoms with Gasteiger partial charge in [-0.05, 0) is 56.9 Å². The lowest BCUT2D eigenvalue weighted by atomic mass is 9.87. The molecule has 0 heterocycles. The average molecular weight is 356 g/mol. The zero-order valence-electron chi connectivity index (χ0n) is 13.7. The summed E-state index contributed by atoms with van der Waals surface area (Å²) in [5.74, 6) is -1.14. The first-order chi connectivity index (χ1) is 11.8. The van der Waals surface area contributed by atoms with E-state index in [9.17, 15) is 22.8 Å². The number of halogens is 3. The van der Waals surface area contributed by atoms with Gasteiger partial charge in [0.15, 0.2) is 0 Å². The van der Waals surface area contributed by atoms with Crippen molar-refractivity contribution in [1.82, 2.24) is 0 Å². The smallest absolute Gasteiger partial charge is 0.416 e. The van der Waals surface area contributed by atoms with Crippen molar-refractivity contribution in [2.75, 3.05) is 0 Å². The Kier molecular flexibility index (Phi) is 6.22. The number of ether oxygens (including phenoxy) is 2. The molecule has 0 aromatic heterocycles. The van der Waals surface area contributed by atoms with Crippen molar-refractivity contribution >= 4 is 11.9 Å². The molecule has 0 aliphatic heterocycles. The fourth-order valence-corrected chi connectivity index (χ4v) is 2.67. The first kappa shape index (κ1) is 19.0. The highest BCUT2D eigenvalue weighted by atomic mass is 19.4. The molecule has 0 N–H and O–H groups in total. The van der Waals surface area contributed by atoms with Crippen LogP contribution in [-0.4, -0.2) is 18.0 Å². The van der Waals surface area contributed by atoms with Gasteiger partial charge in [-0.15, -0.1) is 0 Å². The molecule has 1 aliphatic carbocycles. The van der Waals surface area contributed by atoms with Crippen LogP contribution in [0.1, 0.15) is 38.2 Å². The zero-order chi connectivity index (χ0) is 18.4. The molecular formula is C18H19F3O4. The molecule has 0 amide bonds. The molecule has 7 heteroatoms. The highest BCUT2D eigenvalue weighted by molar-refractivity contribution is 5.82. The van der Waals surface area contributed by atoms with Crippen molar-refractivity contribution < 1.29 is 32.2 Å². The quantitative estimate of drug-likeness (QED) is 0.459. The van der Waals surface area contributed by atoms with E-state index in [0.29, 0.717) is 25.7 Å². The Morgan fingerprint density at radius 1 is 1.08 bits per heavy atom. The summed E-state index contributed by atoms with van der Waals surface area (Å²) in [6.45, 7) is 1.72. The molecule has 4 nitrogen and oxygen atoms in total. The van der Waals surface area contributed by atoms with Gasteiger partial charge >= 0.3 is 18.1 Å². The molecule has 0 unspecified atom stereocenters. The summed E-state index contributed by atoms with van der Waals surface area (Å²) in [7, 11) is 0. The summed E-state index contributed by atoms with van der Waals surface area (Å²) in [6, 6.07) is 4.01. The van der Waals surface area contributed by atoms with Crippen molar-refractivity contribution in [3.63, 3.8) is 0 Å². The largest absolute Gasteiger partial charge is 0.459 e. The molecule has 0 saturated heterocycles. The molecule has 1 saturated carbocycles. The Labute approximate surface area is 143 Å². The van der Waals surface area contributed by atoms with E-state index in [1.165, 1.54) is 6.08 Å². The van der Waals surface area contributed by atoms with Crippen molar-refractivity contribution in [3.8, 4) is 5.75 Å². The highest BCUT2D eigenvalue weighted by Crippen LogP contribution is 2.31. The van der Waals surface area contributed by atoms with Gasteiger partial charge in [0.1, 0.15) is 11.9 Å². The van der Waals surface area contributed by atoms with E-state index in [2.05, 4.69) is 0 Å². The summed E-state index contributed by atoms with van der Waals surface area (Å²) in [6.07, 6.45) is 0.400. The lowest BCUT2D eigenvalue weighted by Gasteiger charge is -2.26. The second-order valence-corrected chi connectivity index (χ2v) is 5.85. The molecule has 2 rings (SSSR count). The molecule has 0 atom stereocenters. The van der Waals surface area contributed by atoms with E-state index < -0.39 is 23.7 Å². The van der Waals surface area contributed by atoms with E-state index in [-0.39, 0.29) is 17.8 Å². The molecule has 1 fully saturated rings. The Bertz CT molecular complexity index is 627. The molecule has 0 spiro atoms. The minimum Gasteiger partial charge on any atom is -0.459 e. The predicted molar refractivity (Wildman–Crippen MR) is 83.7 cm³/mol. The van der Waals surface area contributed by atoms with Gasteiger partial charge in [0.05, 0.1) is 11.5 Å². The lowest BCUT2D eigenvalue weighted by Crippen LogP contribution is -2.29. The number of hydrogen-bond acceptors (Lipinski definition) is 4. The van der Waals surface area contributed by atoms with Gasteiger partial charge in [0.25, 0.3) is 0 Å². The Morgan fingerprint density at radius 2 is 1.68 bits per heavy atom. The standard InChI is InChI=1S/C18H19F3O4/c1-2-3-16(22)24-14-8-4-12(5-9-14)17(23)25-15-10-6-13(7-11-15)18(19,20)21/h2-3,6-7,10-12,14H,4-5,8-9H2,1H3/t12-,14-. The number of carbonyl (C=O) groups is 2. The number of rotatable bonds is 4. The van der Waals surface area contributed by atoms with Crippen LogP contribution in [0.3, 0.4) is 0 Å². The first-order valence-electron chi connectivity index (χ1n) is 8.02. The third-order valence-corrected chi connectivity index (χ3v) is 3.99. The predicted octanol–water partition coefficient (Wildman–Crippen LogP) is 4.29. The van der Waals surface area contributed by atoms with Gasteiger partial charge in [-0.25, -0.2) is 4.79 Å². The summed E-state index contributed by atoms with van der Waals surface area (Å²) in [5, 5.41) is 0. The van der Waals surface area contributed by atoms with Gasteiger partial charge in [-0.3, -0.25) is 4.79 Å². The maximum Gasteiger partial charge on any atom is 0.416 e. The Balaban J connectivity index is 1.83. The van der Waals surface area contributed by atoms with Crippen LogP contribution in [0.15, 0.2) is 36.4 Å². The average Bonchev–Trinajstić information content (AvgIpc) is 2.55. The van der Waals surface area contributed by atoms with Gasteiger partial charge in [0.2, 0.25) is 0 Å². The second kappa shape index (κ2) is 8.18. The van der Waals surface area contributed by atoms with Crippen molar-refractivity contribution in [2.45, 2.75) is 44.9 Å². The van der Waals surface area contributed by atoms with Gasteiger partial charge in [-0.1, -0.05) is 6.08 Å². The second-order valence-electron chi connectivity index (χ2n) is 5.85. The highest BCUT2D eigenvalue weighted by Gasteiger charge is 2.31. The minimum atomic E-state index is -4.43. The van der Waals surface area contributed by atoms with E-state index in [4.69, 9.17) is 9.47 Å². The van der Waals surface area contributed by atoms with E-state index in [1.54, 1.807) is 13.0 Å². The van der Waals surface area contributed by atoms with Crippen molar-refractivity contribution in [2.24, 2.45) is 5.92 Å². The molecule has 1 aromatic carbocycles. The van der Waals surface area contributed by atoms with E-state index in [0.717, 1.165) is 24.3 Å². The summed E-state index contributed by atoms with van der Waals surface area (Å²) in [5.41, 5.74) is -0.796. The van der Waals surface area contributed by atoms with E-state index in [1.807, 2.05) is 0 Å². The molecule has 25 heavy (non-hydrogen) atoms. The van der Waals surface area contributed by atoms with Crippen molar-refractivity contribution in [1.29, 1.82) is 0 Å². The number of allylic oxidation sites excluding steroid dienone is 1. The number of hydrogen-bond donors (Lipinski definition) is 0. The van der Waals surface area contributed by atoms with Crippen molar-refractivity contribution in [3.05, 3.63) is 42.0 Å². The fourth-order valence-electron chi connectivity index (χ4n) is 2.67. The fraction of sp³-hybridized carbons (Fsp3) is 0.444. The molecule has 136 valence electrons. The summed E-state index contributed by atoms with van der Waals surface area (Å²) >= 11 is 0. The van der Waals surface area contributed by atoms with E-state index >= 15 is 0 Å². The molecule has 1 aromatic rings. The lowest BCUT2D eigenvalue weighted by molar-refractivity contribution is -0.147. The molecule has 0 bridgehead atoms. The third kappa shape index (κ3) is 5.62. The number of carbonyl (C=O) groups excluding carboxylic acids is 2. The SMILES string of the molecule is CC=CC(=O)O[C@H]1CC[C@H](C(=O)Oc2ccc(C(F)(F)F)cc2)CC1. The maximum absolute atomic E-state index is 12.5. The third-order valence-electron chi connectivity index (χ3n) is 3.99. The normalized spacial score (nSPS) is 21.1. The number of alkyl halides is 3. The monoisotopic (exact) mass is 356 g/mol. The van der Waals surface area contributed by atoms with Crippen LogP contribution in [0.4, 0.5) is 13.2 Å². The van der Waals surface area contributed by atoms with Crippen LogP contribution in [0.5, 0.6) is 5.75 Å². The van der Waals surface area contributed by atoms with Gasteiger partial charge in [-0.2, -0.15) is 13.2 Å². The zero-order valence-corrected chi connectivity index (χ0v) is 13.7. The minimum absolute atomic E-state index is 0.0830. The Morgan fingerprint density at radius 3 is 2.20 bits per heavy atom. The molecule has 0 radical (unpaired) electrons. The number of esters is 2. The van der Waals surface area contributed by atoms with Crippen LogP contribution in [-0.2, 0) is 20.5 Å². The molecule has 1 aliphatic rings. The van der Waals surface area contributed by atoms with Gasteiger partial charge < -0.3 is 9.47 Å². The van der Waals surface area contributed by atoms with Crippen LogP contribution in [0.25, 0.3) is 0 Å². The van der Waals surface area contributed by atoms with Gasteiger partial charge in [0, 0.05) is 6.08 Å². The summed E-state index contributed by atoms with van der Waals surface area (Å²) in [4.78, 5) is 23.5. The summed E-state index contributed by atoms with van der Waals surface area (Å²) < 4.78 is 47.9.